The van der Waals surface area contributed by atoms with Crippen LogP contribution in [0.5, 0.6) is 0 Å². The number of carboxylic acid groups (broad SMARTS) is 1. The van der Waals surface area contributed by atoms with Crippen molar-refractivity contribution >= 4 is 30.2 Å². The molecule has 0 atom stereocenters. The van der Waals surface area contributed by atoms with E-state index in [0.717, 1.165) is 28.3 Å². The van der Waals surface area contributed by atoms with Crippen molar-refractivity contribution in [3.05, 3.63) is 82.9 Å². The number of carboxylic acids is 1. The molecule has 34 heavy (non-hydrogen) atoms. The molecule has 4 rings (SSSR count). The van der Waals surface area contributed by atoms with E-state index in [0.29, 0.717) is 0 Å². The normalized spacial score (nSPS) is 12.4. The largest absolute Gasteiger partial charge is 1.00 e. The fourth-order valence-electron chi connectivity index (χ4n) is 4.29. The van der Waals surface area contributed by atoms with Crippen LogP contribution in [0.25, 0.3) is 11.1 Å². The van der Waals surface area contributed by atoms with Crippen molar-refractivity contribution < 1.29 is 83.8 Å². The van der Waals surface area contributed by atoms with Crippen molar-refractivity contribution in [2.45, 2.75) is 19.3 Å². The third-order valence-electron chi connectivity index (χ3n) is 5.80. The summed E-state index contributed by atoms with van der Waals surface area (Å²) in [5.74, 6) is -1.47. The fourth-order valence-corrected chi connectivity index (χ4v) is 4.29. The molecule has 170 valence electrons. The van der Waals surface area contributed by atoms with Crippen molar-refractivity contribution in [1.29, 1.82) is 0 Å². The van der Waals surface area contributed by atoms with Crippen LogP contribution in [-0.4, -0.2) is 30.8 Å². The second-order valence-corrected chi connectivity index (χ2v) is 7.95. The summed E-state index contributed by atoms with van der Waals surface area (Å²) in [5, 5.41) is 11.3. The molecule has 1 amide bonds. The van der Waals surface area contributed by atoms with Crippen molar-refractivity contribution in [2.75, 3.05) is 11.9 Å². The molecule has 0 saturated carbocycles. The van der Waals surface area contributed by atoms with Gasteiger partial charge in [0.1, 0.15) is 6.61 Å². The number of amides is 1. The molecule has 2 N–H and O–H groups in total. The van der Waals surface area contributed by atoms with Crippen molar-refractivity contribution in [3.8, 4) is 11.1 Å². The zero-order chi connectivity index (χ0) is 23.8. The first-order valence-electron chi connectivity index (χ1n) is 10.3. The molecule has 0 aromatic heterocycles. The van der Waals surface area contributed by atoms with Gasteiger partial charge in [-0.25, -0.2) is 4.79 Å². The summed E-state index contributed by atoms with van der Waals surface area (Å²) in [4.78, 5) is 23.5. The zero-order valence-corrected chi connectivity index (χ0v) is 21.8. The fraction of sp³-hybridized carbons (Fsp3) is 0.167. The van der Waals surface area contributed by atoms with Gasteiger partial charge in [-0.2, -0.15) is 0 Å². The van der Waals surface area contributed by atoms with Crippen LogP contribution >= 0.6 is 0 Å². The molecule has 0 aliphatic heterocycles. The van der Waals surface area contributed by atoms with E-state index in [2.05, 4.69) is 5.32 Å². The Kier molecular flexibility index (Phi) is 8.30. The van der Waals surface area contributed by atoms with Crippen LogP contribution in [0.15, 0.2) is 60.7 Å². The minimum absolute atomic E-state index is 0. The average Bonchev–Trinajstić information content (AvgIpc) is 3.07. The molecule has 0 unspecified atom stereocenters. The van der Waals surface area contributed by atoms with Crippen LogP contribution in [0.1, 0.15) is 28.2 Å². The molecule has 3 aromatic carbocycles. The van der Waals surface area contributed by atoms with Crippen LogP contribution < -0.4 is 62.2 Å². The Bertz CT molecular complexity index is 1200. The number of aliphatic carboxylic acids is 1. The number of halogens is 3. The third-order valence-corrected chi connectivity index (χ3v) is 5.80. The standard InChI is InChI=1S/C24H20BF3NO4.K/c1-14-21(25(26,27)28)10-15(12-23(30)31)11-22(14)29-24(32)33-13-20-18-8-4-2-6-16(18)17-7-3-5-9-19(17)20;/h2-11,20H,12-13H2,1H3,(H,29,32)(H,30,31);/q-1;+1. The Morgan fingerprint density at radius 3 is 2.09 bits per heavy atom. The SMILES string of the molecule is Cc1c(NC(=O)OCC2c3ccccc3-c3ccccc32)cc(CC(=O)O)cc1[B-](F)(F)F.[K+]. The van der Waals surface area contributed by atoms with E-state index in [9.17, 15) is 22.5 Å². The second-order valence-electron chi connectivity index (χ2n) is 7.95. The maximum atomic E-state index is 13.5. The van der Waals surface area contributed by atoms with Gasteiger partial charge >= 0.3 is 70.4 Å². The molecule has 0 heterocycles. The number of hydrogen-bond acceptors (Lipinski definition) is 3. The van der Waals surface area contributed by atoms with E-state index in [1.807, 2.05) is 48.5 Å². The van der Waals surface area contributed by atoms with E-state index in [1.54, 1.807) is 0 Å². The number of ether oxygens (including phenoxy) is 1. The predicted molar refractivity (Wildman–Crippen MR) is 120 cm³/mol. The van der Waals surface area contributed by atoms with Crippen molar-refractivity contribution in [3.63, 3.8) is 0 Å². The summed E-state index contributed by atoms with van der Waals surface area (Å²) in [5.41, 5.74) is 2.80. The number of anilines is 1. The van der Waals surface area contributed by atoms with Crippen molar-refractivity contribution in [1.82, 2.24) is 0 Å². The monoisotopic (exact) mass is 493 g/mol. The van der Waals surface area contributed by atoms with Crippen LogP contribution in [0, 0.1) is 6.92 Å². The molecule has 3 aromatic rings. The van der Waals surface area contributed by atoms with Crippen LogP contribution in [0.4, 0.5) is 23.4 Å². The van der Waals surface area contributed by atoms with Gasteiger partial charge in [0.15, 0.2) is 0 Å². The molecule has 10 heteroatoms. The van der Waals surface area contributed by atoms with Crippen LogP contribution in [-0.2, 0) is 16.0 Å². The van der Waals surface area contributed by atoms with Crippen LogP contribution in [0.3, 0.4) is 0 Å². The molecule has 0 spiro atoms. The smallest absolute Gasteiger partial charge is 0.481 e. The van der Waals surface area contributed by atoms with Gasteiger partial charge in [-0.3, -0.25) is 10.1 Å². The molecular weight excluding hydrogens is 473 g/mol. The van der Waals surface area contributed by atoms with Gasteiger partial charge < -0.3 is 22.8 Å². The molecular formula is C24H20BF3KNO4. The molecule has 0 radical (unpaired) electrons. The maximum absolute atomic E-state index is 13.5. The topological polar surface area (TPSA) is 75.6 Å². The number of fused-ring (bicyclic) bond motifs is 3. The number of benzene rings is 3. The van der Waals surface area contributed by atoms with E-state index in [1.165, 1.54) is 13.0 Å². The first-order chi connectivity index (χ1) is 15.6. The first-order valence-corrected chi connectivity index (χ1v) is 10.3. The summed E-state index contributed by atoms with van der Waals surface area (Å²) < 4.78 is 45.9. The molecule has 0 fully saturated rings. The van der Waals surface area contributed by atoms with Gasteiger partial charge in [0, 0.05) is 11.6 Å². The van der Waals surface area contributed by atoms with Gasteiger partial charge in [0.25, 0.3) is 0 Å². The minimum Gasteiger partial charge on any atom is -0.481 e. The Balaban J connectivity index is 0.00000324. The molecule has 1 aliphatic carbocycles. The summed E-state index contributed by atoms with van der Waals surface area (Å²) in [6, 6.07) is 17.6. The number of carbonyl (C=O) groups excluding carboxylic acids is 1. The van der Waals surface area contributed by atoms with Gasteiger partial charge in [0.05, 0.1) is 6.42 Å². The number of rotatable bonds is 6. The van der Waals surface area contributed by atoms with Gasteiger partial charge in [-0.15, -0.1) is 5.46 Å². The quantitative estimate of drug-likeness (QED) is 0.516. The minimum atomic E-state index is -5.40. The van der Waals surface area contributed by atoms with E-state index < -0.39 is 30.9 Å². The van der Waals surface area contributed by atoms with Crippen molar-refractivity contribution in [2.24, 2.45) is 0 Å². The molecule has 5 nitrogen and oxygen atoms in total. The van der Waals surface area contributed by atoms with E-state index >= 15 is 0 Å². The summed E-state index contributed by atoms with van der Waals surface area (Å²) in [6.07, 6.45) is -1.51. The maximum Gasteiger partial charge on any atom is 1.00 e. The Labute approximate surface area is 237 Å². The van der Waals surface area contributed by atoms with Gasteiger partial charge in [-0.05, 0) is 40.8 Å². The molecule has 1 aliphatic rings. The average molecular weight is 493 g/mol. The van der Waals surface area contributed by atoms with E-state index in [-0.39, 0.29) is 80.7 Å². The summed E-state index contributed by atoms with van der Waals surface area (Å²) >= 11 is 0. The summed E-state index contributed by atoms with van der Waals surface area (Å²) in [7, 11) is 0. The Hall–Kier alpha value is -2.11. The van der Waals surface area contributed by atoms with Gasteiger partial charge in [0.2, 0.25) is 0 Å². The van der Waals surface area contributed by atoms with Gasteiger partial charge in [-0.1, -0.05) is 60.2 Å². The molecule has 0 saturated heterocycles. The number of carbonyl (C=O) groups is 2. The second kappa shape index (κ2) is 10.7. The molecule has 0 bridgehead atoms. The van der Waals surface area contributed by atoms with E-state index in [4.69, 9.17) is 9.84 Å². The zero-order valence-electron chi connectivity index (χ0n) is 18.6. The first kappa shape index (κ1) is 26.5. The summed E-state index contributed by atoms with van der Waals surface area (Å²) in [6.45, 7) is -4.16. The number of nitrogens with one attached hydrogen (secondary N) is 1. The Morgan fingerprint density at radius 2 is 1.56 bits per heavy atom. The third kappa shape index (κ3) is 5.58. The predicted octanol–water partition coefficient (Wildman–Crippen LogP) is 2.04. The Morgan fingerprint density at radius 1 is 1.00 bits per heavy atom. The number of hydrogen-bond donors (Lipinski definition) is 2. The van der Waals surface area contributed by atoms with Crippen LogP contribution in [0.2, 0.25) is 0 Å².